The van der Waals surface area contributed by atoms with Gasteiger partial charge in [0.05, 0.1) is 3.94 Å². The maximum atomic E-state index is 5.74. The number of halogens is 2. The van der Waals surface area contributed by atoms with Gasteiger partial charge in [0.2, 0.25) is 0 Å². The Labute approximate surface area is 92.0 Å². The van der Waals surface area contributed by atoms with Gasteiger partial charge < -0.3 is 0 Å². The zero-order valence-electron chi connectivity index (χ0n) is 7.30. The van der Waals surface area contributed by atoms with Crippen molar-refractivity contribution in [2.24, 2.45) is 0 Å². The molecule has 2 heteroatoms. The zero-order valence-corrected chi connectivity index (χ0v) is 9.64. The van der Waals surface area contributed by atoms with E-state index in [2.05, 4.69) is 15.9 Å². The Kier molecular flexibility index (Phi) is 4.26. The van der Waals surface area contributed by atoms with Crippen LogP contribution in [0, 0.1) is 0 Å². The number of rotatable bonds is 2. The SMILES string of the molecule is CC(/C=C/c1ccccc1)=C(\Cl)Br. The van der Waals surface area contributed by atoms with Crippen molar-refractivity contribution in [3.8, 4) is 0 Å². The second-order valence-corrected chi connectivity index (χ2v) is 4.31. The molecule has 1 aromatic carbocycles. The first-order chi connectivity index (χ1) is 6.20. The molecule has 0 saturated carbocycles. The summed E-state index contributed by atoms with van der Waals surface area (Å²) in [7, 11) is 0. The van der Waals surface area contributed by atoms with Gasteiger partial charge in [-0.05, 0) is 34.0 Å². The maximum Gasteiger partial charge on any atom is 0.0863 e. The van der Waals surface area contributed by atoms with E-state index in [1.807, 2.05) is 49.4 Å². The first kappa shape index (κ1) is 10.6. The minimum absolute atomic E-state index is 0.652. The van der Waals surface area contributed by atoms with Gasteiger partial charge in [-0.25, -0.2) is 0 Å². The molecule has 68 valence electrons. The third kappa shape index (κ3) is 3.79. The summed E-state index contributed by atoms with van der Waals surface area (Å²) in [6.45, 7) is 1.95. The van der Waals surface area contributed by atoms with Crippen LogP contribution >= 0.6 is 27.5 Å². The first-order valence-corrected chi connectivity index (χ1v) is 5.12. The monoisotopic (exact) mass is 256 g/mol. The van der Waals surface area contributed by atoms with Gasteiger partial charge in [-0.3, -0.25) is 0 Å². The molecular weight excluding hydrogens is 247 g/mol. The van der Waals surface area contributed by atoms with E-state index < -0.39 is 0 Å². The fraction of sp³-hybridized carbons (Fsp3) is 0.0909. The number of benzene rings is 1. The Morgan fingerprint density at radius 1 is 1.31 bits per heavy atom. The summed E-state index contributed by atoms with van der Waals surface area (Å²) in [4.78, 5) is 0. The molecular formula is C11H10BrCl. The van der Waals surface area contributed by atoms with Crippen LogP contribution in [0.2, 0.25) is 0 Å². The van der Waals surface area contributed by atoms with Crippen molar-refractivity contribution in [1.29, 1.82) is 0 Å². The third-order valence-electron chi connectivity index (χ3n) is 1.62. The minimum atomic E-state index is 0.652. The molecule has 0 bridgehead atoms. The summed E-state index contributed by atoms with van der Waals surface area (Å²) >= 11 is 8.95. The van der Waals surface area contributed by atoms with Gasteiger partial charge in [0.15, 0.2) is 0 Å². The van der Waals surface area contributed by atoms with Crippen molar-refractivity contribution < 1.29 is 0 Å². The van der Waals surface area contributed by atoms with Crippen LogP contribution in [0.1, 0.15) is 12.5 Å². The molecule has 0 atom stereocenters. The summed E-state index contributed by atoms with van der Waals surface area (Å²) in [5, 5.41) is 0. The highest BCUT2D eigenvalue weighted by atomic mass is 79.9. The number of allylic oxidation sites excluding steroid dienone is 2. The predicted octanol–water partition coefficient (Wildman–Crippen LogP) is 4.57. The second kappa shape index (κ2) is 5.25. The topological polar surface area (TPSA) is 0 Å². The second-order valence-electron chi connectivity index (χ2n) is 2.69. The van der Waals surface area contributed by atoms with Gasteiger partial charge >= 0.3 is 0 Å². The molecule has 0 N–H and O–H groups in total. The van der Waals surface area contributed by atoms with Crippen LogP contribution in [0.4, 0.5) is 0 Å². The van der Waals surface area contributed by atoms with E-state index in [0.29, 0.717) is 3.94 Å². The van der Waals surface area contributed by atoms with E-state index in [9.17, 15) is 0 Å². The molecule has 1 rings (SSSR count). The average Bonchev–Trinajstić information content (AvgIpc) is 2.15. The highest BCUT2D eigenvalue weighted by Crippen LogP contribution is 2.17. The highest BCUT2D eigenvalue weighted by Gasteiger charge is 1.89. The van der Waals surface area contributed by atoms with Gasteiger partial charge in [-0.15, -0.1) is 0 Å². The lowest BCUT2D eigenvalue weighted by Gasteiger charge is -1.93. The summed E-state index contributed by atoms with van der Waals surface area (Å²) in [5.41, 5.74) is 2.19. The Morgan fingerprint density at radius 3 is 2.46 bits per heavy atom. The van der Waals surface area contributed by atoms with Crippen LogP contribution in [0.3, 0.4) is 0 Å². The molecule has 0 nitrogen and oxygen atoms in total. The first-order valence-electron chi connectivity index (χ1n) is 3.95. The molecule has 0 aliphatic heterocycles. The van der Waals surface area contributed by atoms with E-state index in [1.54, 1.807) is 0 Å². The number of hydrogen-bond acceptors (Lipinski definition) is 0. The normalized spacial score (nSPS) is 13.2. The molecule has 0 unspecified atom stereocenters. The molecule has 0 aliphatic carbocycles. The average molecular weight is 258 g/mol. The summed E-state index contributed by atoms with van der Waals surface area (Å²) in [6.07, 6.45) is 4.01. The van der Waals surface area contributed by atoms with Crippen LogP contribution in [-0.4, -0.2) is 0 Å². The van der Waals surface area contributed by atoms with Crippen molar-refractivity contribution >= 4 is 33.6 Å². The van der Waals surface area contributed by atoms with Crippen LogP contribution in [0.5, 0.6) is 0 Å². The lowest BCUT2D eigenvalue weighted by molar-refractivity contribution is 1.55. The molecule has 0 spiro atoms. The van der Waals surface area contributed by atoms with Crippen molar-refractivity contribution in [2.75, 3.05) is 0 Å². The van der Waals surface area contributed by atoms with E-state index >= 15 is 0 Å². The molecule has 1 aromatic rings. The van der Waals surface area contributed by atoms with E-state index in [1.165, 1.54) is 5.56 Å². The quantitative estimate of drug-likeness (QED) is 0.681. The Balaban J connectivity index is 2.76. The molecule has 0 amide bonds. The number of hydrogen-bond donors (Lipinski definition) is 0. The van der Waals surface area contributed by atoms with Gasteiger partial charge in [-0.2, -0.15) is 0 Å². The van der Waals surface area contributed by atoms with Crippen molar-refractivity contribution in [1.82, 2.24) is 0 Å². The Bertz CT molecular complexity index is 321. The summed E-state index contributed by atoms with van der Waals surface area (Å²) in [6, 6.07) is 10.1. The van der Waals surface area contributed by atoms with Crippen LogP contribution < -0.4 is 0 Å². The molecule has 13 heavy (non-hydrogen) atoms. The largest absolute Gasteiger partial charge is 0.0863 e. The highest BCUT2D eigenvalue weighted by molar-refractivity contribution is 9.12. The van der Waals surface area contributed by atoms with Crippen molar-refractivity contribution in [3.63, 3.8) is 0 Å². The fourth-order valence-electron chi connectivity index (χ4n) is 0.848. The predicted molar refractivity (Wildman–Crippen MR) is 63.0 cm³/mol. The molecule has 0 fully saturated rings. The third-order valence-corrected chi connectivity index (χ3v) is 2.55. The van der Waals surface area contributed by atoms with E-state index in [0.717, 1.165) is 5.57 Å². The molecule has 0 radical (unpaired) electrons. The van der Waals surface area contributed by atoms with Gasteiger partial charge in [0.1, 0.15) is 0 Å². The summed E-state index contributed by atoms with van der Waals surface area (Å²) < 4.78 is 0.652. The van der Waals surface area contributed by atoms with Crippen LogP contribution in [-0.2, 0) is 0 Å². The Morgan fingerprint density at radius 2 is 1.92 bits per heavy atom. The lowest BCUT2D eigenvalue weighted by Crippen LogP contribution is -1.71. The van der Waals surface area contributed by atoms with Crippen molar-refractivity contribution in [3.05, 3.63) is 51.5 Å². The van der Waals surface area contributed by atoms with E-state index in [4.69, 9.17) is 11.6 Å². The van der Waals surface area contributed by atoms with Gasteiger partial charge in [0, 0.05) is 0 Å². The summed E-state index contributed by atoms with van der Waals surface area (Å²) in [5.74, 6) is 0. The zero-order chi connectivity index (χ0) is 9.68. The minimum Gasteiger partial charge on any atom is -0.0759 e. The molecule has 0 aliphatic rings. The van der Waals surface area contributed by atoms with Crippen LogP contribution in [0.15, 0.2) is 45.9 Å². The van der Waals surface area contributed by atoms with Crippen LogP contribution in [0.25, 0.3) is 6.08 Å². The van der Waals surface area contributed by atoms with Gasteiger partial charge in [0.25, 0.3) is 0 Å². The van der Waals surface area contributed by atoms with Gasteiger partial charge in [-0.1, -0.05) is 54.1 Å². The fourth-order valence-corrected chi connectivity index (χ4v) is 1.04. The standard InChI is InChI=1S/C11H10BrCl/c1-9(11(12)13)7-8-10-5-3-2-4-6-10/h2-8H,1H3/b8-7+,11-9+. The molecule has 0 heterocycles. The Hall–Kier alpha value is -0.530. The maximum absolute atomic E-state index is 5.74. The molecule has 0 aromatic heterocycles. The molecule has 0 saturated heterocycles. The van der Waals surface area contributed by atoms with E-state index in [-0.39, 0.29) is 0 Å². The van der Waals surface area contributed by atoms with Crippen molar-refractivity contribution in [2.45, 2.75) is 6.92 Å². The smallest absolute Gasteiger partial charge is 0.0759 e. The lowest BCUT2D eigenvalue weighted by atomic mass is 10.2.